The number of carbonyl (C=O) groups excluding carboxylic acids is 1. The van der Waals surface area contributed by atoms with Crippen LogP contribution >= 0.6 is 0 Å². The predicted molar refractivity (Wildman–Crippen MR) is 70.8 cm³/mol. The summed E-state index contributed by atoms with van der Waals surface area (Å²) in [6.45, 7) is 3.33. The molecule has 0 radical (unpaired) electrons. The van der Waals surface area contributed by atoms with Crippen molar-refractivity contribution in [2.45, 2.75) is 6.92 Å². The molecule has 5 nitrogen and oxygen atoms in total. The highest BCUT2D eigenvalue weighted by molar-refractivity contribution is 5.99. The Morgan fingerprint density at radius 3 is 2.94 bits per heavy atom. The number of nitrogens with one attached hydrogen (secondary N) is 1. The largest absolute Gasteiger partial charge is 0.349 e. The molecule has 0 atom stereocenters. The lowest BCUT2D eigenvalue weighted by Crippen LogP contribution is -2.31. The summed E-state index contributed by atoms with van der Waals surface area (Å²) in [5.41, 5.74) is 1.34. The molecule has 96 valence electrons. The Balaban J connectivity index is 2.18. The lowest BCUT2D eigenvalue weighted by atomic mass is 10.3. The number of pyridine rings is 1. The van der Waals surface area contributed by atoms with Crippen LogP contribution in [0.25, 0.3) is 5.52 Å². The summed E-state index contributed by atoms with van der Waals surface area (Å²) in [7, 11) is 3.95. The zero-order valence-electron chi connectivity index (χ0n) is 11.0. The van der Waals surface area contributed by atoms with Gasteiger partial charge in [0.1, 0.15) is 5.82 Å². The van der Waals surface area contributed by atoms with Crippen LogP contribution < -0.4 is 5.32 Å². The van der Waals surface area contributed by atoms with Gasteiger partial charge in [0.05, 0.1) is 5.52 Å². The van der Waals surface area contributed by atoms with Gasteiger partial charge in [-0.15, -0.1) is 0 Å². The topological polar surface area (TPSA) is 49.6 Å². The van der Waals surface area contributed by atoms with Crippen molar-refractivity contribution in [3.63, 3.8) is 0 Å². The van der Waals surface area contributed by atoms with Gasteiger partial charge in [0.2, 0.25) is 0 Å². The average Bonchev–Trinajstić information content (AvgIpc) is 2.67. The fourth-order valence-corrected chi connectivity index (χ4v) is 1.84. The van der Waals surface area contributed by atoms with Crippen molar-refractivity contribution in [1.82, 2.24) is 19.6 Å². The van der Waals surface area contributed by atoms with Gasteiger partial charge in [0.15, 0.2) is 5.69 Å². The Hall–Kier alpha value is -1.88. The highest BCUT2D eigenvalue weighted by Crippen LogP contribution is 2.12. The molecule has 0 aromatic carbocycles. The number of carbonyl (C=O) groups is 1. The summed E-state index contributed by atoms with van der Waals surface area (Å²) in [4.78, 5) is 18.4. The second-order valence-electron chi connectivity index (χ2n) is 4.52. The molecule has 1 amide bonds. The maximum atomic E-state index is 12.0. The van der Waals surface area contributed by atoms with E-state index in [9.17, 15) is 4.79 Å². The van der Waals surface area contributed by atoms with Gasteiger partial charge in [-0.25, -0.2) is 4.98 Å². The van der Waals surface area contributed by atoms with E-state index in [-0.39, 0.29) is 5.91 Å². The van der Waals surface area contributed by atoms with Gasteiger partial charge < -0.3 is 14.6 Å². The molecule has 0 saturated heterocycles. The van der Waals surface area contributed by atoms with E-state index in [1.165, 1.54) is 0 Å². The summed E-state index contributed by atoms with van der Waals surface area (Å²) in [6.07, 6.45) is 1.91. The number of hydrogen-bond acceptors (Lipinski definition) is 3. The summed E-state index contributed by atoms with van der Waals surface area (Å²) < 4.78 is 1.92. The minimum Gasteiger partial charge on any atom is -0.349 e. The summed E-state index contributed by atoms with van der Waals surface area (Å²) in [5.74, 6) is 0.706. The fourth-order valence-electron chi connectivity index (χ4n) is 1.84. The van der Waals surface area contributed by atoms with E-state index < -0.39 is 0 Å². The molecular formula is C13H18N4O. The van der Waals surface area contributed by atoms with Crippen LogP contribution in [0.4, 0.5) is 0 Å². The van der Waals surface area contributed by atoms with Crippen molar-refractivity contribution >= 4 is 11.4 Å². The number of likely N-dealkylation sites (N-methyl/N-ethyl adjacent to an activating group) is 1. The average molecular weight is 246 g/mol. The number of nitrogens with zero attached hydrogens (tertiary/aromatic N) is 3. The molecule has 0 aliphatic carbocycles. The number of amides is 1. The zero-order chi connectivity index (χ0) is 13.1. The van der Waals surface area contributed by atoms with E-state index >= 15 is 0 Å². The summed E-state index contributed by atoms with van der Waals surface area (Å²) >= 11 is 0. The van der Waals surface area contributed by atoms with E-state index in [4.69, 9.17) is 0 Å². The number of hydrogen-bond donors (Lipinski definition) is 1. The third-order valence-corrected chi connectivity index (χ3v) is 2.78. The van der Waals surface area contributed by atoms with E-state index in [0.29, 0.717) is 12.2 Å². The normalized spacial score (nSPS) is 11.1. The fraction of sp³-hybridized carbons (Fsp3) is 0.385. The van der Waals surface area contributed by atoms with Gasteiger partial charge in [-0.05, 0) is 33.2 Å². The van der Waals surface area contributed by atoms with Crippen LogP contribution in [0.2, 0.25) is 0 Å². The van der Waals surface area contributed by atoms with Crippen LogP contribution in [-0.2, 0) is 0 Å². The number of aryl methyl sites for hydroxylation is 1. The molecule has 2 aromatic rings. The molecule has 0 aliphatic heterocycles. The van der Waals surface area contributed by atoms with Gasteiger partial charge in [-0.2, -0.15) is 0 Å². The van der Waals surface area contributed by atoms with Crippen molar-refractivity contribution in [3.05, 3.63) is 35.9 Å². The first-order valence-corrected chi connectivity index (χ1v) is 5.96. The molecular weight excluding hydrogens is 228 g/mol. The highest BCUT2D eigenvalue weighted by Gasteiger charge is 2.14. The van der Waals surface area contributed by atoms with Gasteiger partial charge in [-0.1, -0.05) is 6.07 Å². The van der Waals surface area contributed by atoms with Crippen LogP contribution in [0.5, 0.6) is 0 Å². The molecule has 0 saturated carbocycles. The lowest BCUT2D eigenvalue weighted by molar-refractivity contribution is 0.0948. The molecule has 5 heteroatoms. The monoisotopic (exact) mass is 246 g/mol. The molecule has 1 N–H and O–H groups in total. The Bertz CT molecular complexity index is 559. The van der Waals surface area contributed by atoms with Crippen LogP contribution in [0, 0.1) is 6.92 Å². The van der Waals surface area contributed by atoms with Crippen molar-refractivity contribution in [2.24, 2.45) is 0 Å². The first kappa shape index (κ1) is 12.6. The Morgan fingerprint density at radius 1 is 1.44 bits per heavy atom. The van der Waals surface area contributed by atoms with Gasteiger partial charge in [0, 0.05) is 19.3 Å². The first-order chi connectivity index (χ1) is 8.59. The molecule has 2 aromatic heterocycles. The lowest BCUT2D eigenvalue weighted by Gasteiger charge is -2.09. The molecule has 18 heavy (non-hydrogen) atoms. The summed E-state index contributed by atoms with van der Waals surface area (Å²) in [6, 6.07) is 5.74. The van der Waals surface area contributed by atoms with Crippen molar-refractivity contribution in [1.29, 1.82) is 0 Å². The van der Waals surface area contributed by atoms with Gasteiger partial charge in [0.25, 0.3) is 5.91 Å². The standard InChI is InChI=1S/C13H18N4O/c1-10-15-12(11-6-4-5-8-17(10)11)13(18)14-7-9-16(2)3/h4-6,8H,7,9H2,1-3H3,(H,14,18). The molecule has 0 unspecified atom stereocenters. The molecule has 0 aliphatic rings. The van der Waals surface area contributed by atoms with Crippen molar-refractivity contribution in [3.8, 4) is 0 Å². The quantitative estimate of drug-likeness (QED) is 0.873. The molecule has 0 spiro atoms. The Labute approximate surface area is 106 Å². The SMILES string of the molecule is Cc1nc(C(=O)NCCN(C)C)c2ccccn12. The predicted octanol–water partition coefficient (Wildman–Crippen LogP) is 0.934. The number of fused-ring (bicyclic) bond motifs is 1. The van der Waals surface area contributed by atoms with Crippen LogP contribution in [0.15, 0.2) is 24.4 Å². The van der Waals surface area contributed by atoms with E-state index in [1.807, 2.05) is 54.7 Å². The molecule has 0 bridgehead atoms. The third kappa shape index (κ3) is 2.51. The molecule has 2 heterocycles. The summed E-state index contributed by atoms with van der Waals surface area (Å²) in [5, 5.41) is 2.88. The maximum absolute atomic E-state index is 12.0. The number of aromatic nitrogens is 2. The van der Waals surface area contributed by atoms with E-state index in [2.05, 4.69) is 10.3 Å². The van der Waals surface area contributed by atoms with Crippen molar-refractivity contribution < 1.29 is 4.79 Å². The number of imidazole rings is 1. The van der Waals surface area contributed by atoms with E-state index in [1.54, 1.807) is 0 Å². The zero-order valence-corrected chi connectivity index (χ0v) is 11.0. The van der Waals surface area contributed by atoms with Crippen LogP contribution in [-0.4, -0.2) is 47.4 Å². The highest BCUT2D eigenvalue weighted by atomic mass is 16.1. The molecule has 0 fully saturated rings. The maximum Gasteiger partial charge on any atom is 0.272 e. The van der Waals surface area contributed by atoms with Gasteiger partial charge >= 0.3 is 0 Å². The minimum atomic E-state index is -0.117. The second-order valence-corrected chi connectivity index (χ2v) is 4.52. The minimum absolute atomic E-state index is 0.117. The second kappa shape index (κ2) is 5.18. The first-order valence-electron chi connectivity index (χ1n) is 5.96. The Kier molecular flexibility index (Phi) is 3.62. The molecule has 2 rings (SSSR count). The van der Waals surface area contributed by atoms with Crippen LogP contribution in [0.3, 0.4) is 0 Å². The smallest absolute Gasteiger partial charge is 0.272 e. The number of rotatable bonds is 4. The third-order valence-electron chi connectivity index (χ3n) is 2.78. The van der Waals surface area contributed by atoms with Crippen LogP contribution in [0.1, 0.15) is 16.3 Å². The van der Waals surface area contributed by atoms with Gasteiger partial charge in [-0.3, -0.25) is 4.79 Å². The Morgan fingerprint density at radius 2 is 2.22 bits per heavy atom. The van der Waals surface area contributed by atoms with Crippen molar-refractivity contribution in [2.75, 3.05) is 27.2 Å². The van der Waals surface area contributed by atoms with E-state index in [0.717, 1.165) is 17.9 Å².